The Morgan fingerprint density at radius 2 is 2.00 bits per heavy atom. The molecule has 1 amide bonds. The number of piperidine rings is 1. The average molecular weight is 333 g/mol. The monoisotopic (exact) mass is 333 g/mol. The molecule has 122 valence electrons. The van der Waals surface area contributed by atoms with Gasteiger partial charge in [-0.15, -0.1) is 0 Å². The Morgan fingerprint density at radius 1 is 1.26 bits per heavy atom. The topological polar surface area (TPSA) is 72.3 Å². The second-order valence-electron chi connectivity index (χ2n) is 5.83. The van der Waals surface area contributed by atoms with E-state index in [1.54, 1.807) is 18.3 Å². The maximum atomic E-state index is 12.6. The van der Waals surface area contributed by atoms with Crippen LogP contribution in [0.5, 0.6) is 0 Å². The predicted octanol–water partition coefficient (Wildman–Crippen LogP) is 1.76. The molecule has 1 aliphatic rings. The molecule has 1 aromatic carbocycles. The molecule has 2 aromatic rings. The molecule has 0 bridgehead atoms. The number of aromatic nitrogens is 2. The molecule has 1 saturated heterocycles. The molecule has 23 heavy (non-hydrogen) atoms. The first-order chi connectivity index (χ1) is 10.9. The van der Waals surface area contributed by atoms with Crippen LogP contribution in [0.4, 0.5) is 0 Å². The van der Waals surface area contributed by atoms with Gasteiger partial charge in [0.15, 0.2) is 9.84 Å². The highest BCUT2D eigenvalue weighted by molar-refractivity contribution is 7.90. The standard InChI is InChI=1S/C16H19N3O3S/c1-23(21,22)15-7-5-13(6-8-15)16(20)18-10-2-4-14(12-18)19-11-3-9-17-19/h3,5-9,11,14H,2,4,10,12H2,1H3/t14-/m0/s1. The van der Waals surface area contributed by atoms with Crippen molar-refractivity contribution in [2.24, 2.45) is 0 Å². The molecule has 0 unspecified atom stereocenters. The summed E-state index contributed by atoms with van der Waals surface area (Å²) in [4.78, 5) is 14.7. The summed E-state index contributed by atoms with van der Waals surface area (Å²) in [7, 11) is -3.25. The van der Waals surface area contributed by atoms with Crippen LogP contribution >= 0.6 is 0 Å². The number of sulfone groups is 1. The van der Waals surface area contributed by atoms with Crippen LogP contribution in [-0.2, 0) is 9.84 Å². The van der Waals surface area contributed by atoms with E-state index >= 15 is 0 Å². The lowest BCUT2D eigenvalue weighted by Crippen LogP contribution is -2.40. The zero-order valence-electron chi connectivity index (χ0n) is 12.9. The van der Waals surface area contributed by atoms with Crippen molar-refractivity contribution < 1.29 is 13.2 Å². The van der Waals surface area contributed by atoms with Crippen LogP contribution in [-0.4, -0.2) is 48.4 Å². The zero-order valence-corrected chi connectivity index (χ0v) is 13.7. The van der Waals surface area contributed by atoms with E-state index in [0.717, 1.165) is 19.1 Å². The molecular formula is C16H19N3O3S. The largest absolute Gasteiger partial charge is 0.337 e. The summed E-state index contributed by atoms with van der Waals surface area (Å²) in [5.41, 5.74) is 0.513. The number of hydrogen-bond donors (Lipinski definition) is 0. The van der Waals surface area contributed by atoms with Gasteiger partial charge in [0.05, 0.1) is 10.9 Å². The lowest BCUT2D eigenvalue weighted by atomic mass is 10.0. The second-order valence-corrected chi connectivity index (χ2v) is 7.85. The van der Waals surface area contributed by atoms with Gasteiger partial charge >= 0.3 is 0 Å². The van der Waals surface area contributed by atoms with Gasteiger partial charge in [0.25, 0.3) is 5.91 Å². The van der Waals surface area contributed by atoms with E-state index in [1.165, 1.54) is 12.1 Å². The molecule has 3 rings (SSSR count). The van der Waals surface area contributed by atoms with Crippen molar-refractivity contribution in [1.29, 1.82) is 0 Å². The number of benzene rings is 1. The third kappa shape index (κ3) is 3.44. The minimum absolute atomic E-state index is 0.0677. The normalized spacial score (nSPS) is 18.8. The van der Waals surface area contributed by atoms with E-state index in [2.05, 4.69) is 5.10 Å². The second kappa shape index (κ2) is 6.16. The van der Waals surface area contributed by atoms with E-state index in [9.17, 15) is 13.2 Å². The third-order valence-corrected chi connectivity index (χ3v) is 5.24. The van der Waals surface area contributed by atoms with Crippen LogP contribution in [0.3, 0.4) is 0 Å². The van der Waals surface area contributed by atoms with E-state index < -0.39 is 9.84 Å². The first-order valence-corrected chi connectivity index (χ1v) is 9.43. The number of amides is 1. The predicted molar refractivity (Wildman–Crippen MR) is 86.0 cm³/mol. The number of carbonyl (C=O) groups is 1. The van der Waals surface area contributed by atoms with Crippen LogP contribution in [0, 0.1) is 0 Å². The van der Waals surface area contributed by atoms with Crippen LogP contribution in [0.1, 0.15) is 29.2 Å². The summed E-state index contributed by atoms with van der Waals surface area (Å²) in [5, 5.41) is 4.26. The molecule has 1 atom stereocenters. The van der Waals surface area contributed by atoms with Crippen molar-refractivity contribution >= 4 is 15.7 Å². The number of hydrogen-bond acceptors (Lipinski definition) is 4. The molecule has 0 spiro atoms. The quantitative estimate of drug-likeness (QED) is 0.858. The highest BCUT2D eigenvalue weighted by Gasteiger charge is 2.25. The van der Waals surface area contributed by atoms with E-state index in [0.29, 0.717) is 18.7 Å². The van der Waals surface area contributed by atoms with Gasteiger partial charge < -0.3 is 4.90 Å². The van der Waals surface area contributed by atoms with Gasteiger partial charge in [-0.05, 0) is 43.2 Å². The Labute approximate surface area is 135 Å². The SMILES string of the molecule is CS(=O)(=O)c1ccc(C(=O)N2CCC[C@H](n3cccn3)C2)cc1. The summed E-state index contributed by atoms with van der Waals surface area (Å²) >= 11 is 0. The Morgan fingerprint density at radius 3 is 2.61 bits per heavy atom. The molecule has 0 saturated carbocycles. The maximum absolute atomic E-state index is 12.6. The van der Waals surface area contributed by atoms with Gasteiger partial charge in [-0.3, -0.25) is 9.48 Å². The fourth-order valence-electron chi connectivity index (χ4n) is 2.88. The van der Waals surface area contributed by atoms with E-state index in [1.807, 2.05) is 21.8 Å². The Balaban J connectivity index is 1.75. The maximum Gasteiger partial charge on any atom is 0.253 e. The molecule has 7 heteroatoms. The molecular weight excluding hydrogens is 314 g/mol. The lowest BCUT2D eigenvalue weighted by molar-refractivity contribution is 0.0673. The smallest absolute Gasteiger partial charge is 0.253 e. The van der Waals surface area contributed by atoms with Crippen molar-refractivity contribution in [2.45, 2.75) is 23.8 Å². The number of carbonyl (C=O) groups excluding carboxylic acids is 1. The number of nitrogens with zero attached hydrogens (tertiary/aromatic N) is 3. The molecule has 0 aliphatic carbocycles. The summed E-state index contributed by atoms with van der Waals surface area (Å²) in [6.45, 7) is 1.33. The van der Waals surface area contributed by atoms with Gasteiger partial charge in [-0.25, -0.2) is 8.42 Å². The highest BCUT2D eigenvalue weighted by Crippen LogP contribution is 2.22. The first kappa shape index (κ1) is 15.7. The molecule has 1 aliphatic heterocycles. The van der Waals surface area contributed by atoms with E-state index in [4.69, 9.17) is 0 Å². The van der Waals surface area contributed by atoms with Crippen molar-refractivity contribution in [1.82, 2.24) is 14.7 Å². The number of likely N-dealkylation sites (tertiary alicyclic amines) is 1. The summed E-state index contributed by atoms with van der Waals surface area (Å²) in [6, 6.07) is 8.20. The molecule has 0 N–H and O–H groups in total. The molecule has 1 aromatic heterocycles. The van der Waals surface area contributed by atoms with Gasteiger partial charge in [-0.1, -0.05) is 0 Å². The lowest BCUT2D eigenvalue weighted by Gasteiger charge is -2.33. The summed E-state index contributed by atoms with van der Waals surface area (Å²) in [6.07, 6.45) is 6.74. The van der Waals surface area contributed by atoms with Gasteiger partial charge in [0.2, 0.25) is 0 Å². The minimum Gasteiger partial charge on any atom is -0.337 e. The minimum atomic E-state index is -3.25. The highest BCUT2D eigenvalue weighted by atomic mass is 32.2. The zero-order chi connectivity index (χ0) is 16.4. The van der Waals surface area contributed by atoms with Gasteiger partial charge in [0.1, 0.15) is 0 Å². The van der Waals surface area contributed by atoms with Crippen molar-refractivity contribution in [3.05, 3.63) is 48.3 Å². The summed E-state index contributed by atoms with van der Waals surface area (Å²) in [5.74, 6) is -0.0677. The third-order valence-electron chi connectivity index (χ3n) is 4.11. The van der Waals surface area contributed by atoms with Crippen LogP contribution in [0.15, 0.2) is 47.6 Å². The molecule has 1 fully saturated rings. The Bertz CT molecular complexity index is 782. The fourth-order valence-corrected chi connectivity index (χ4v) is 3.51. The molecule has 0 radical (unpaired) electrons. The van der Waals surface area contributed by atoms with Crippen LogP contribution in [0.25, 0.3) is 0 Å². The Kier molecular flexibility index (Phi) is 4.21. The Hall–Kier alpha value is -2.15. The summed E-state index contributed by atoms with van der Waals surface area (Å²) < 4.78 is 24.9. The van der Waals surface area contributed by atoms with Crippen molar-refractivity contribution in [3.63, 3.8) is 0 Å². The average Bonchev–Trinajstić information content (AvgIpc) is 3.08. The van der Waals surface area contributed by atoms with Gasteiger partial charge in [0, 0.05) is 37.3 Å². The number of rotatable bonds is 3. The van der Waals surface area contributed by atoms with Crippen molar-refractivity contribution in [2.75, 3.05) is 19.3 Å². The van der Waals surface area contributed by atoms with E-state index in [-0.39, 0.29) is 16.8 Å². The van der Waals surface area contributed by atoms with Crippen LogP contribution < -0.4 is 0 Å². The first-order valence-electron chi connectivity index (χ1n) is 7.54. The van der Waals surface area contributed by atoms with Gasteiger partial charge in [-0.2, -0.15) is 5.10 Å². The molecule has 6 nitrogen and oxygen atoms in total. The fraction of sp³-hybridized carbons (Fsp3) is 0.375. The molecule has 2 heterocycles. The van der Waals surface area contributed by atoms with Crippen LogP contribution in [0.2, 0.25) is 0 Å². The van der Waals surface area contributed by atoms with Crippen molar-refractivity contribution in [3.8, 4) is 0 Å².